The molecule has 2 aromatic carbocycles. The third kappa shape index (κ3) is 3.82. The van der Waals surface area contributed by atoms with Crippen LogP contribution in [-0.4, -0.2) is 33.3 Å². The van der Waals surface area contributed by atoms with Crippen molar-refractivity contribution in [2.45, 2.75) is 19.4 Å². The van der Waals surface area contributed by atoms with E-state index in [1.165, 1.54) is 12.1 Å². The van der Waals surface area contributed by atoms with Gasteiger partial charge in [-0.05, 0) is 53.9 Å². The van der Waals surface area contributed by atoms with E-state index in [1.807, 2.05) is 4.90 Å². The molecule has 1 aliphatic heterocycles. The minimum absolute atomic E-state index is 0.0979. The molecule has 0 bridgehead atoms. The number of rotatable bonds is 3. The fourth-order valence-electron chi connectivity index (χ4n) is 2.95. The molecule has 0 fully saturated rings. The molecule has 26 heavy (non-hydrogen) atoms. The van der Waals surface area contributed by atoms with Gasteiger partial charge in [0.2, 0.25) is 0 Å². The van der Waals surface area contributed by atoms with Crippen molar-refractivity contribution in [3.8, 4) is 11.5 Å². The maximum Gasteiger partial charge on any atom is 0.178 e. The third-order valence-electron chi connectivity index (χ3n) is 4.41. The highest BCUT2D eigenvalue weighted by Gasteiger charge is 2.27. The average molecular weight is 415 g/mol. The molecule has 0 saturated carbocycles. The molecule has 0 atom stereocenters. The summed E-state index contributed by atoms with van der Waals surface area (Å²) in [4.78, 5) is 1.93. The van der Waals surface area contributed by atoms with Crippen LogP contribution in [0, 0.1) is 5.82 Å². The zero-order valence-electron chi connectivity index (χ0n) is 13.7. The fraction of sp³-hybridized carbons (Fsp3) is 0.278. The standard InChI is InChI=1S/C18H17Cl2FN2O2S/c19-14-12-6-8-23(9-13(12)15(20)17(25)16(14)24)18(26)22-7-5-10-1-3-11(21)4-2-10/h1-4,24-25H,5-9H2,(H,22,26). The first-order chi connectivity index (χ1) is 12.4. The van der Waals surface area contributed by atoms with Gasteiger partial charge in [0.1, 0.15) is 5.82 Å². The van der Waals surface area contributed by atoms with Gasteiger partial charge in [0.05, 0.1) is 10.0 Å². The molecule has 0 aromatic heterocycles. The molecular formula is C18H17Cl2FN2O2S. The molecular weight excluding hydrogens is 398 g/mol. The van der Waals surface area contributed by atoms with Gasteiger partial charge >= 0.3 is 0 Å². The van der Waals surface area contributed by atoms with Gasteiger partial charge in [-0.3, -0.25) is 0 Å². The molecule has 0 saturated heterocycles. The molecule has 0 aliphatic carbocycles. The summed E-state index contributed by atoms with van der Waals surface area (Å²) in [5, 5.41) is 23.7. The maximum absolute atomic E-state index is 12.9. The summed E-state index contributed by atoms with van der Waals surface area (Å²) in [7, 11) is 0. The minimum Gasteiger partial charge on any atom is -0.503 e. The molecule has 4 nitrogen and oxygen atoms in total. The maximum atomic E-state index is 12.9. The Bertz CT molecular complexity index is 846. The molecule has 0 unspecified atom stereocenters. The lowest BCUT2D eigenvalue weighted by atomic mass is 9.98. The predicted octanol–water partition coefficient (Wildman–Crippen LogP) is 4.02. The van der Waals surface area contributed by atoms with Crippen LogP contribution < -0.4 is 5.32 Å². The van der Waals surface area contributed by atoms with E-state index in [-0.39, 0.29) is 21.6 Å². The van der Waals surface area contributed by atoms with Gasteiger partial charge in [-0.15, -0.1) is 0 Å². The van der Waals surface area contributed by atoms with Crippen molar-refractivity contribution in [1.82, 2.24) is 10.2 Å². The van der Waals surface area contributed by atoms with Gasteiger partial charge < -0.3 is 20.4 Å². The SMILES string of the molecule is Oc1c(O)c(Cl)c2c(c1Cl)CCN(C(=S)NCCc1ccc(F)cc1)C2. The molecule has 0 radical (unpaired) electrons. The van der Waals surface area contributed by atoms with Gasteiger partial charge in [-0.25, -0.2) is 4.39 Å². The summed E-state index contributed by atoms with van der Waals surface area (Å²) in [5.41, 5.74) is 2.42. The number of hydrogen-bond donors (Lipinski definition) is 3. The van der Waals surface area contributed by atoms with Gasteiger partial charge in [-0.1, -0.05) is 35.3 Å². The van der Waals surface area contributed by atoms with E-state index in [4.69, 9.17) is 35.4 Å². The van der Waals surface area contributed by atoms with Crippen LogP contribution >= 0.6 is 35.4 Å². The number of benzene rings is 2. The van der Waals surface area contributed by atoms with Crippen LogP contribution in [0.2, 0.25) is 10.0 Å². The topological polar surface area (TPSA) is 55.7 Å². The number of halogens is 3. The second-order valence-electron chi connectivity index (χ2n) is 6.06. The Balaban J connectivity index is 1.63. The monoisotopic (exact) mass is 414 g/mol. The van der Waals surface area contributed by atoms with E-state index in [0.717, 1.165) is 11.1 Å². The molecule has 1 heterocycles. The molecule has 138 valence electrons. The van der Waals surface area contributed by atoms with E-state index in [0.29, 0.717) is 43.2 Å². The molecule has 0 spiro atoms. The molecule has 0 amide bonds. The lowest BCUT2D eigenvalue weighted by Crippen LogP contribution is -2.43. The summed E-state index contributed by atoms with van der Waals surface area (Å²) >= 11 is 17.7. The Morgan fingerprint density at radius 2 is 1.73 bits per heavy atom. The molecule has 3 rings (SSSR count). The zero-order chi connectivity index (χ0) is 18.8. The van der Waals surface area contributed by atoms with Crippen molar-refractivity contribution in [3.63, 3.8) is 0 Å². The van der Waals surface area contributed by atoms with Crippen LogP contribution in [0.5, 0.6) is 11.5 Å². The molecule has 1 aliphatic rings. The number of phenolic OH excluding ortho intramolecular Hbond substituents is 2. The van der Waals surface area contributed by atoms with Crippen molar-refractivity contribution < 1.29 is 14.6 Å². The zero-order valence-corrected chi connectivity index (χ0v) is 16.1. The van der Waals surface area contributed by atoms with Crippen LogP contribution in [-0.2, 0) is 19.4 Å². The molecule has 2 aromatic rings. The van der Waals surface area contributed by atoms with Crippen LogP contribution in [0.4, 0.5) is 4.39 Å². The van der Waals surface area contributed by atoms with E-state index in [1.54, 1.807) is 12.1 Å². The van der Waals surface area contributed by atoms with Crippen LogP contribution in [0.15, 0.2) is 24.3 Å². The third-order valence-corrected chi connectivity index (χ3v) is 5.62. The normalized spacial score (nSPS) is 13.4. The van der Waals surface area contributed by atoms with E-state index in [2.05, 4.69) is 5.32 Å². The largest absolute Gasteiger partial charge is 0.503 e. The number of fused-ring (bicyclic) bond motifs is 1. The number of phenols is 2. The highest BCUT2D eigenvalue weighted by atomic mass is 35.5. The number of nitrogens with zero attached hydrogens (tertiary/aromatic N) is 1. The quantitative estimate of drug-likeness (QED) is 0.522. The highest BCUT2D eigenvalue weighted by Crippen LogP contribution is 2.46. The van der Waals surface area contributed by atoms with Crippen molar-refractivity contribution in [1.29, 1.82) is 0 Å². The van der Waals surface area contributed by atoms with Crippen molar-refractivity contribution in [2.24, 2.45) is 0 Å². The summed E-state index contributed by atoms with van der Waals surface area (Å²) in [6.45, 7) is 1.63. The summed E-state index contributed by atoms with van der Waals surface area (Å²) in [6, 6.07) is 6.36. The van der Waals surface area contributed by atoms with E-state index >= 15 is 0 Å². The second kappa shape index (κ2) is 7.86. The summed E-state index contributed by atoms with van der Waals surface area (Å²) in [5.74, 6) is -1.05. The van der Waals surface area contributed by atoms with Crippen molar-refractivity contribution in [2.75, 3.05) is 13.1 Å². The Morgan fingerprint density at radius 1 is 1.12 bits per heavy atom. The van der Waals surface area contributed by atoms with Crippen LogP contribution in [0.25, 0.3) is 0 Å². The predicted molar refractivity (Wildman–Crippen MR) is 105 cm³/mol. The average Bonchev–Trinajstić information content (AvgIpc) is 2.65. The van der Waals surface area contributed by atoms with Crippen molar-refractivity contribution in [3.05, 3.63) is 56.8 Å². The lowest BCUT2D eigenvalue weighted by molar-refractivity contribution is 0.375. The lowest BCUT2D eigenvalue weighted by Gasteiger charge is -2.32. The summed E-state index contributed by atoms with van der Waals surface area (Å²) < 4.78 is 12.9. The number of thiocarbonyl (C=S) groups is 1. The molecule has 8 heteroatoms. The first-order valence-electron chi connectivity index (χ1n) is 8.06. The highest BCUT2D eigenvalue weighted by molar-refractivity contribution is 7.80. The van der Waals surface area contributed by atoms with Crippen LogP contribution in [0.1, 0.15) is 16.7 Å². The summed E-state index contributed by atoms with van der Waals surface area (Å²) in [6.07, 6.45) is 1.27. The number of aromatic hydroxyl groups is 2. The minimum atomic E-state index is -0.410. The van der Waals surface area contributed by atoms with Gasteiger partial charge in [-0.2, -0.15) is 0 Å². The second-order valence-corrected chi connectivity index (χ2v) is 7.20. The first-order valence-corrected chi connectivity index (χ1v) is 9.22. The fourth-order valence-corrected chi connectivity index (χ4v) is 3.77. The van der Waals surface area contributed by atoms with E-state index in [9.17, 15) is 14.6 Å². The Kier molecular flexibility index (Phi) is 5.75. The number of hydrogen-bond acceptors (Lipinski definition) is 3. The van der Waals surface area contributed by atoms with Gasteiger partial charge in [0.15, 0.2) is 16.6 Å². The Hall–Kier alpha value is -1.76. The van der Waals surface area contributed by atoms with E-state index < -0.39 is 5.75 Å². The van der Waals surface area contributed by atoms with Crippen LogP contribution in [0.3, 0.4) is 0 Å². The van der Waals surface area contributed by atoms with Gasteiger partial charge in [0.25, 0.3) is 0 Å². The van der Waals surface area contributed by atoms with Gasteiger partial charge in [0, 0.05) is 19.6 Å². The molecule has 3 N–H and O–H groups in total. The Labute approximate surface area is 166 Å². The smallest absolute Gasteiger partial charge is 0.178 e. The Morgan fingerprint density at radius 3 is 2.38 bits per heavy atom. The van der Waals surface area contributed by atoms with Crippen molar-refractivity contribution >= 4 is 40.5 Å². The first kappa shape index (κ1) is 19.0. The number of nitrogens with one attached hydrogen (secondary N) is 1.